The minimum atomic E-state index is -3.73. The number of carbonyl (C=O) groups is 6. The number of hydrogen-bond donors (Lipinski definition) is 0. The van der Waals surface area contributed by atoms with Crippen LogP contribution in [0.2, 0.25) is 0 Å². The molecule has 0 aromatic carbocycles. The van der Waals surface area contributed by atoms with E-state index in [2.05, 4.69) is 0 Å². The molecule has 0 aliphatic carbocycles. The summed E-state index contributed by atoms with van der Waals surface area (Å²) in [6, 6.07) is 0. The van der Waals surface area contributed by atoms with E-state index in [0.717, 1.165) is 0 Å². The molecule has 12 nitrogen and oxygen atoms in total. The van der Waals surface area contributed by atoms with Gasteiger partial charge in [0.2, 0.25) is 0 Å². The third-order valence-corrected chi connectivity index (χ3v) is 10.9. The molecular weight excluding hydrogens is 688 g/mol. The van der Waals surface area contributed by atoms with Gasteiger partial charge in [-0.15, -0.1) is 0 Å². The zero-order chi connectivity index (χ0) is 25.5. The van der Waals surface area contributed by atoms with Crippen LogP contribution in [-0.4, -0.2) is 78.8 Å². The minimum absolute atomic E-state index is 0.000247. The first-order chi connectivity index (χ1) is 16.8. The molecule has 0 amide bonds. The van der Waals surface area contributed by atoms with Crippen LogP contribution in [0.25, 0.3) is 0 Å². The van der Waals surface area contributed by atoms with Gasteiger partial charge in [-0.3, -0.25) is 0 Å². The van der Waals surface area contributed by atoms with Gasteiger partial charge >= 0.3 is 222 Å². The second-order valence-corrected chi connectivity index (χ2v) is 13.6. The normalized spacial score (nSPS) is 19.4. The molecule has 0 aromatic rings. The van der Waals surface area contributed by atoms with Crippen molar-refractivity contribution in [3.8, 4) is 0 Å². The van der Waals surface area contributed by atoms with Crippen LogP contribution in [0, 0.1) is 0 Å². The molecule has 0 atom stereocenters. The Hall–Kier alpha value is -1.54. The molecule has 196 valence electrons. The van der Waals surface area contributed by atoms with Crippen LogP contribution in [0.5, 0.6) is 0 Å². The van der Waals surface area contributed by atoms with Crippen molar-refractivity contribution in [2.45, 2.75) is 96.3 Å². The number of rotatable bonds is 8. The van der Waals surface area contributed by atoms with Gasteiger partial charge in [-0.1, -0.05) is 0 Å². The molecule has 0 saturated carbocycles. The fourth-order valence-corrected chi connectivity index (χ4v) is 8.08. The van der Waals surface area contributed by atoms with Crippen LogP contribution in [0.15, 0.2) is 0 Å². The van der Waals surface area contributed by atoms with E-state index >= 15 is 0 Å². The van der Waals surface area contributed by atoms with E-state index in [0.29, 0.717) is 57.8 Å². The van der Waals surface area contributed by atoms with Gasteiger partial charge in [0.05, 0.1) is 0 Å². The molecule has 2 aliphatic heterocycles. The van der Waals surface area contributed by atoms with Gasteiger partial charge in [-0.05, 0) is 0 Å². The topological polar surface area (TPSA) is 158 Å². The molecule has 0 bridgehead atoms. The molecule has 35 heavy (non-hydrogen) atoms. The van der Waals surface area contributed by atoms with Crippen molar-refractivity contribution in [1.29, 1.82) is 0 Å². The van der Waals surface area contributed by atoms with E-state index in [1.807, 2.05) is 0 Å². The van der Waals surface area contributed by atoms with Gasteiger partial charge in [-0.2, -0.15) is 0 Å². The average Bonchev–Trinajstić information content (AvgIpc) is 2.77. The quantitative estimate of drug-likeness (QED) is 0.267. The summed E-state index contributed by atoms with van der Waals surface area (Å²) >= 11 is -7.47. The van der Waals surface area contributed by atoms with Gasteiger partial charge in [0.25, 0.3) is 0 Å². The van der Waals surface area contributed by atoms with Gasteiger partial charge in [-0.25, -0.2) is 0 Å². The second kappa shape index (κ2) is 17.0. The van der Waals surface area contributed by atoms with E-state index in [4.69, 9.17) is 18.1 Å². The van der Waals surface area contributed by atoms with Crippen LogP contribution in [0.4, 0.5) is 0 Å². The Morgan fingerprint density at radius 2 is 0.857 bits per heavy atom. The van der Waals surface area contributed by atoms with Crippen molar-refractivity contribution in [2.75, 3.05) is 0 Å². The monoisotopic (exact) mass is 716 g/mol. The predicted molar refractivity (Wildman–Crippen MR) is 117 cm³/mol. The van der Waals surface area contributed by atoms with Crippen molar-refractivity contribution >= 4 is 78.8 Å². The molecule has 2 fully saturated rings. The number of carbonyl (C=O) groups excluding carboxylic acids is 6. The van der Waals surface area contributed by atoms with Gasteiger partial charge in [0.15, 0.2) is 0 Å². The number of hydrogen-bond acceptors (Lipinski definition) is 12. The first-order valence-corrected chi connectivity index (χ1v) is 17.9. The molecule has 0 unspecified atom stereocenters. The van der Waals surface area contributed by atoms with Crippen molar-refractivity contribution in [1.82, 2.24) is 0 Å². The number of unbranched alkanes of at least 4 members (excludes halogenated alkanes) is 2. The fraction of sp³-hybridized carbons (Fsp3) is 0.714. The van der Waals surface area contributed by atoms with Crippen LogP contribution in [0.3, 0.4) is 0 Å². The van der Waals surface area contributed by atoms with E-state index in [9.17, 15) is 28.8 Å². The van der Waals surface area contributed by atoms with Crippen molar-refractivity contribution < 1.29 is 46.9 Å². The Labute approximate surface area is 220 Å². The Balaban J connectivity index is 1.65. The molecule has 2 rings (SSSR count). The zero-order valence-corrected chi connectivity index (χ0v) is 24.5. The average molecular weight is 718 g/mol. The Bertz CT molecular complexity index is 669. The van der Waals surface area contributed by atoms with Crippen molar-refractivity contribution in [2.24, 2.45) is 0 Å². The summed E-state index contributed by atoms with van der Waals surface area (Å²) in [7, 11) is 0. The molecule has 0 spiro atoms. The third-order valence-electron chi connectivity index (χ3n) is 4.84. The molecule has 2 saturated heterocycles. The van der Waals surface area contributed by atoms with Crippen molar-refractivity contribution in [3.63, 3.8) is 0 Å². The first-order valence-electron chi connectivity index (χ1n) is 11.7. The molecule has 0 N–H and O–H groups in total. The molecule has 2 aliphatic rings. The maximum absolute atomic E-state index is 12.1. The summed E-state index contributed by atoms with van der Waals surface area (Å²) in [4.78, 5) is 71.2. The molecule has 0 aromatic heterocycles. The summed E-state index contributed by atoms with van der Waals surface area (Å²) in [5.41, 5.74) is 0. The summed E-state index contributed by atoms with van der Waals surface area (Å²) in [5.74, 6) is -3.42. The van der Waals surface area contributed by atoms with E-state index in [-0.39, 0.29) is 38.5 Å². The van der Waals surface area contributed by atoms with Gasteiger partial charge < -0.3 is 0 Å². The fourth-order valence-electron chi connectivity index (χ4n) is 3.03. The predicted octanol–water partition coefficient (Wildman–Crippen LogP) is 2.09. The maximum atomic E-state index is 12.1. The Morgan fingerprint density at radius 3 is 1.17 bits per heavy atom. The summed E-state index contributed by atoms with van der Waals surface area (Å²) < 4.78 is 30.6. The first kappa shape index (κ1) is 29.7. The van der Waals surface area contributed by atoms with Gasteiger partial charge in [0.1, 0.15) is 0 Å². The zero-order valence-electron chi connectivity index (χ0n) is 19.4. The molecule has 2 heterocycles. The van der Waals surface area contributed by atoms with E-state index < -0.39 is 78.8 Å². The third kappa shape index (κ3) is 13.9. The van der Waals surface area contributed by atoms with E-state index in [1.165, 1.54) is 0 Å². The van der Waals surface area contributed by atoms with E-state index in [1.54, 1.807) is 0 Å². The van der Waals surface area contributed by atoms with Crippen LogP contribution < -0.4 is 0 Å². The summed E-state index contributed by atoms with van der Waals surface area (Å²) in [5, 5.41) is 0. The van der Waals surface area contributed by atoms with Crippen LogP contribution >= 0.6 is 0 Å². The van der Waals surface area contributed by atoms with Crippen molar-refractivity contribution in [3.05, 3.63) is 0 Å². The van der Waals surface area contributed by atoms with Crippen LogP contribution in [0.1, 0.15) is 96.3 Å². The van der Waals surface area contributed by atoms with Gasteiger partial charge in [0, 0.05) is 0 Å². The summed E-state index contributed by atoms with van der Waals surface area (Å²) in [6.07, 6.45) is 5.86. The molecule has 0 radical (unpaired) electrons. The SMILES string of the molecule is O=C1CCCCCC(=O)[O][Sb]([O]C(=O)CCCCCC(=O)[O][Sb]2[O]C(=O)CCCCCC(=O)[O]2)[O]1. The van der Waals surface area contributed by atoms with Crippen LogP contribution in [-0.2, 0) is 46.9 Å². The molecule has 14 heteroatoms. The Morgan fingerprint density at radius 1 is 0.543 bits per heavy atom. The molecular formula is C21H30O12Sb2. The summed E-state index contributed by atoms with van der Waals surface area (Å²) in [6.45, 7) is 0. The second-order valence-electron chi connectivity index (χ2n) is 7.91. The standard InChI is InChI=1S/3C7H12O4.2Sb/c3*8-6(9)4-2-1-3-5-7(10)11;;/h3*1-5H2,(H,8,9)(H,10,11);;/q;;;2*+3/p-6. The Kier molecular flexibility index (Phi) is 14.4.